The highest BCUT2D eigenvalue weighted by molar-refractivity contribution is 5.77. The molecular formula is C19H32N4. The van der Waals surface area contributed by atoms with Crippen LogP contribution in [0, 0.1) is 11.8 Å². The number of guanidine groups is 1. The second-order valence-electron chi connectivity index (χ2n) is 7.15. The van der Waals surface area contributed by atoms with Crippen LogP contribution in [-0.4, -0.2) is 37.0 Å². The molecule has 0 amide bonds. The van der Waals surface area contributed by atoms with E-state index in [1.807, 2.05) is 0 Å². The quantitative estimate of drug-likeness (QED) is 0.626. The second kappa shape index (κ2) is 8.92. The van der Waals surface area contributed by atoms with E-state index >= 15 is 0 Å². The highest BCUT2D eigenvalue weighted by atomic mass is 15.2. The summed E-state index contributed by atoms with van der Waals surface area (Å²) in [5.41, 5.74) is 7.37. The number of hydrogen-bond acceptors (Lipinski definition) is 2. The summed E-state index contributed by atoms with van der Waals surface area (Å²) in [5.74, 6) is 1.93. The average Bonchev–Trinajstić information content (AvgIpc) is 2.55. The fourth-order valence-electron chi connectivity index (χ4n) is 3.01. The van der Waals surface area contributed by atoms with E-state index in [-0.39, 0.29) is 0 Å². The summed E-state index contributed by atoms with van der Waals surface area (Å²) in [7, 11) is 0. The zero-order valence-electron chi connectivity index (χ0n) is 14.8. The van der Waals surface area contributed by atoms with Crippen molar-refractivity contribution in [1.29, 1.82) is 0 Å². The van der Waals surface area contributed by atoms with E-state index < -0.39 is 0 Å². The van der Waals surface area contributed by atoms with E-state index in [2.05, 4.69) is 66.3 Å². The summed E-state index contributed by atoms with van der Waals surface area (Å²) in [6.07, 6.45) is 2.56. The lowest BCUT2D eigenvalue weighted by molar-refractivity contribution is 0.138. The summed E-state index contributed by atoms with van der Waals surface area (Å²) in [6.45, 7) is 10.6. The number of nitrogens with two attached hydrogens (primary N) is 1. The van der Waals surface area contributed by atoms with Gasteiger partial charge in [0.1, 0.15) is 0 Å². The minimum Gasteiger partial charge on any atom is -0.370 e. The molecule has 1 aromatic carbocycles. The summed E-state index contributed by atoms with van der Waals surface area (Å²) >= 11 is 0. The molecule has 1 unspecified atom stereocenters. The molecule has 1 aliphatic heterocycles. The summed E-state index contributed by atoms with van der Waals surface area (Å²) in [4.78, 5) is 6.99. The number of nitrogens with one attached hydrogen (secondary N) is 1. The molecule has 0 aromatic heterocycles. The molecule has 4 nitrogen and oxygen atoms in total. The average molecular weight is 316 g/mol. The van der Waals surface area contributed by atoms with Crippen molar-refractivity contribution in [3.05, 3.63) is 35.9 Å². The summed E-state index contributed by atoms with van der Waals surface area (Å²) in [5, 5.41) is 3.33. The predicted molar refractivity (Wildman–Crippen MR) is 98.5 cm³/mol. The Bertz CT molecular complexity index is 475. The van der Waals surface area contributed by atoms with E-state index in [1.54, 1.807) is 0 Å². The van der Waals surface area contributed by atoms with Gasteiger partial charge in [0.15, 0.2) is 5.96 Å². The van der Waals surface area contributed by atoms with Gasteiger partial charge in [-0.25, -0.2) is 0 Å². The van der Waals surface area contributed by atoms with Gasteiger partial charge in [0.2, 0.25) is 0 Å². The lowest BCUT2D eigenvalue weighted by atomic mass is 9.96. The molecule has 23 heavy (non-hydrogen) atoms. The van der Waals surface area contributed by atoms with Gasteiger partial charge in [-0.2, -0.15) is 0 Å². The van der Waals surface area contributed by atoms with Crippen molar-refractivity contribution in [1.82, 2.24) is 10.2 Å². The molecule has 0 bridgehead atoms. The molecule has 1 heterocycles. The van der Waals surface area contributed by atoms with Crippen LogP contribution in [0.25, 0.3) is 0 Å². The lowest BCUT2D eigenvalue weighted by Crippen LogP contribution is -2.43. The van der Waals surface area contributed by atoms with Crippen molar-refractivity contribution in [2.45, 2.75) is 39.7 Å². The number of piperidine rings is 1. The molecule has 128 valence electrons. The first-order valence-electron chi connectivity index (χ1n) is 8.89. The molecule has 1 saturated heterocycles. The molecule has 4 heteroatoms. The molecule has 3 N–H and O–H groups in total. The Hall–Kier alpha value is -1.55. The molecule has 0 spiro atoms. The maximum Gasteiger partial charge on any atom is 0.188 e. The Labute approximate surface area is 141 Å². The number of nitrogens with zero attached hydrogens (tertiary/aromatic N) is 2. The molecule has 1 atom stereocenters. The third kappa shape index (κ3) is 5.87. The molecule has 2 rings (SSSR count). The van der Waals surface area contributed by atoms with Crippen LogP contribution in [-0.2, 0) is 0 Å². The Morgan fingerprint density at radius 1 is 1.26 bits per heavy atom. The normalized spacial score (nSPS) is 19.0. The molecule has 1 aliphatic rings. The first-order chi connectivity index (χ1) is 11.1. The van der Waals surface area contributed by atoms with Gasteiger partial charge in [-0.3, -0.25) is 9.89 Å². The van der Waals surface area contributed by atoms with Crippen molar-refractivity contribution < 1.29 is 0 Å². The SMILES string of the molecule is CC(C)CN=C(N)NCC(c1ccccc1)N1CCC(C)CC1. The van der Waals surface area contributed by atoms with Gasteiger partial charge in [-0.1, -0.05) is 51.1 Å². The summed E-state index contributed by atoms with van der Waals surface area (Å²) < 4.78 is 0. The molecular weight excluding hydrogens is 284 g/mol. The van der Waals surface area contributed by atoms with Gasteiger partial charge in [0.25, 0.3) is 0 Å². The van der Waals surface area contributed by atoms with E-state index in [4.69, 9.17) is 5.73 Å². The van der Waals surface area contributed by atoms with Crippen molar-refractivity contribution in [3.63, 3.8) is 0 Å². The third-order valence-electron chi connectivity index (χ3n) is 4.55. The fraction of sp³-hybridized carbons (Fsp3) is 0.632. The molecule has 0 radical (unpaired) electrons. The zero-order chi connectivity index (χ0) is 16.7. The number of rotatable bonds is 6. The highest BCUT2D eigenvalue weighted by Gasteiger charge is 2.24. The zero-order valence-corrected chi connectivity index (χ0v) is 14.8. The van der Waals surface area contributed by atoms with Crippen LogP contribution in [0.2, 0.25) is 0 Å². The first kappa shape index (κ1) is 17.8. The van der Waals surface area contributed by atoms with Crippen LogP contribution in [0.5, 0.6) is 0 Å². The van der Waals surface area contributed by atoms with Crippen molar-refractivity contribution in [2.75, 3.05) is 26.2 Å². The third-order valence-corrected chi connectivity index (χ3v) is 4.55. The Morgan fingerprint density at radius 2 is 1.91 bits per heavy atom. The van der Waals surface area contributed by atoms with Gasteiger partial charge in [0.05, 0.1) is 6.04 Å². The largest absolute Gasteiger partial charge is 0.370 e. The van der Waals surface area contributed by atoms with Crippen molar-refractivity contribution >= 4 is 5.96 Å². The van der Waals surface area contributed by atoms with Gasteiger partial charge < -0.3 is 11.1 Å². The van der Waals surface area contributed by atoms with Crippen LogP contribution in [0.15, 0.2) is 35.3 Å². The molecule has 1 aromatic rings. The van der Waals surface area contributed by atoms with Gasteiger partial charge in [-0.05, 0) is 43.3 Å². The van der Waals surface area contributed by atoms with Gasteiger partial charge in [0, 0.05) is 13.1 Å². The first-order valence-corrected chi connectivity index (χ1v) is 8.89. The van der Waals surface area contributed by atoms with E-state index in [1.165, 1.54) is 18.4 Å². The van der Waals surface area contributed by atoms with E-state index in [0.717, 1.165) is 32.1 Å². The van der Waals surface area contributed by atoms with Crippen molar-refractivity contribution in [2.24, 2.45) is 22.6 Å². The van der Waals surface area contributed by atoms with Gasteiger partial charge >= 0.3 is 0 Å². The van der Waals surface area contributed by atoms with Crippen LogP contribution < -0.4 is 11.1 Å². The number of benzene rings is 1. The molecule has 0 aliphatic carbocycles. The van der Waals surface area contributed by atoms with Crippen LogP contribution >= 0.6 is 0 Å². The lowest BCUT2D eigenvalue weighted by Gasteiger charge is -2.37. The minimum atomic E-state index is 0.358. The summed E-state index contributed by atoms with van der Waals surface area (Å²) in [6, 6.07) is 11.1. The predicted octanol–water partition coefficient (Wildman–Crippen LogP) is 3.02. The van der Waals surface area contributed by atoms with Crippen LogP contribution in [0.1, 0.15) is 45.2 Å². The second-order valence-corrected chi connectivity index (χ2v) is 7.15. The number of aliphatic imine (C=N–C) groups is 1. The topological polar surface area (TPSA) is 53.6 Å². The number of hydrogen-bond donors (Lipinski definition) is 2. The Balaban J connectivity index is 2.01. The monoisotopic (exact) mass is 316 g/mol. The fourth-order valence-corrected chi connectivity index (χ4v) is 3.01. The standard InChI is InChI=1S/C19H32N4/c1-15(2)13-21-19(20)22-14-18(17-7-5-4-6-8-17)23-11-9-16(3)10-12-23/h4-8,15-16,18H,9-14H2,1-3H3,(H3,20,21,22). The van der Waals surface area contributed by atoms with E-state index in [0.29, 0.717) is 17.9 Å². The number of likely N-dealkylation sites (tertiary alicyclic amines) is 1. The van der Waals surface area contributed by atoms with E-state index in [9.17, 15) is 0 Å². The van der Waals surface area contributed by atoms with Crippen molar-refractivity contribution in [3.8, 4) is 0 Å². The maximum absolute atomic E-state index is 6.02. The van der Waals surface area contributed by atoms with Crippen LogP contribution in [0.3, 0.4) is 0 Å². The molecule has 0 saturated carbocycles. The Morgan fingerprint density at radius 3 is 2.52 bits per heavy atom. The smallest absolute Gasteiger partial charge is 0.188 e. The minimum absolute atomic E-state index is 0.358. The Kier molecular flexibility index (Phi) is 6.90. The highest BCUT2D eigenvalue weighted by Crippen LogP contribution is 2.26. The van der Waals surface area contributed by atoms with Crippen LogP contribution in [0.4, 0.5) is 0 Å². The molecule has 1 fully saturated rings. The van der Waals surface area contributed by atoms with Gasteiger partial charge in [-0.15, -0.1) is 0 Å². The maximum atomic E-state index is 6.02.